The number of nitrogens with one attached hydrogen (secondary N) is 2. The van der Waals surface area contributed by atoms with Gasteiger partial charge in [-0.05, 0) is 31.6 Å². The van der Waals surface area contributed by atoms with Gasteiger partial charge in [-0.1, -0.05) is 19.8 Å². The third kappa shape index (κ3) is 3.20. The minimum Gasteiger partial charge on any atom is -0.351 e. The molecule has 0 bridgehead atoms. The van der Waals surface area contributed by atoms with Gasteiger partial charge in [0.25, 0.3) is 0 Å². The van der Waals surface area contributed by atoms with E-state index < -0.39 is 0 Å². The topological polar surface area (TPSA) is 58.2 Å². The number of hydrogen-bond acceptors (Lipinski definition) is 2. The Bertz CT molecular complexity index is 304. The highest BCUT2D eigenvalue weighted by Crippen LogP contribution is 2.24. The maximum atomic E-state index is 12.0. The van der Waals surface area contributed by atoms with Crippen LogP contribution in [0.3, 0.4) is 0 Å². The zero-order chi connectivity index (χ0) is 12.3. The molecule has 2 rings (SSSR count). The van der Waals surface area contributed by atoms with Crippen molar-refractivity contribution in [3.8, 4) is 0 Å². The average Bonchev–Trinajstić information content (AvgIpc) is 2.32. The lowest BCUT2D eigenvalue weighted by Gasteiger charge is -2.31. The van der Waals surface area contributed by atoms with E-state index in [0.29, 0.717) is 18.4 Å². The summed E-state index contributed by atoms with van der Waals surface area (Å²) in [7, 11) is 0. The van der Waals surface area contributed by atoms with E-state index in [4.69, 9.17) is 0 Å². The Morgan fingerprint density at radius 2 is 2.00 bits per heavy atom. The van der Waals surface area contributed by atoms with Crippen molar-refractivity contribution in [1.82, 2.24) is 10.6 Å². The van der Waals surface area contributed by atoms with Crippen LogP contribution in [0.2, 0.25) is 0 Å². The SMILES string of the molecule is CC1CCCCC1NC(=O)[C@H]1CCCC(=O)N1. The summed E-state index contributed by atoms with van der Waals surface area (Å²) in [5.41, 5.74) is 0. The van der Waals surface area contributed by atoms with Crippen LogP contribution in [0.15, 0.2) is 0 Å². The van der Waals surface area contributed by atoms with Crippen LogP contribution < -0.4 is 10.6 Å². The Morgan fingerprint density at radius 1 is 1.24 bits per heavy atom. The Balaban J connectivity index is 1.85. The summed E-state index contributed by atoms with van der Waals surface area (Å²) in [5, 5.41) is 5.87. The summed E-state index contributed by atoms with van der Waals surface area (Å²) in [6.07, 6.45) is 6.90. The van der Waals surface area contributed by atoms with Crippen molar-refractivity contribution in [3.05, 3.63) is 0 Å². The van der Waals surface area contributed by atoms with Gasteiger partial charge in [0.15, 0.2) is 0 Å². The van der Waals surface area contributed by atoms with Crippen molar-refractivity contribution < 1.29 is 9.59 Å². The maximum absolute atomic E-state index is 12.0. The fraction of sp³-hybridized carbons (Fsp3) is 0.846. The molecule has 3 atom stereocenters. The van der Waals surface area contributed by atoms with Crippen LogP contribution in [0.5, 0.6) is 0 Å². The second kappa shape index (κ2) is 5.52. The Kier molecular flexibility index (Phi) is 4.02. The lowest BCUT2D eigenvalue weighted by molar-refractivity contribution is -0.131. The molecule has 2 fully saturated rings. The van der Waals surface area contributed by atoms with E-state index in [-0.39, 0.29) is 17.9 Å². The molecule has 0 aromatic carbocycles. The van der Waals surface area contributed by atoms with Gasteiger partial charge in [-0.25, -0.2) is 0 Å². The lowest BCUT2D eigenvalue weighted by Crippen LogP contribution is -2.53. The molecular formula is C13H22N2O2. The molecule has 0 radical (unpaired) electrons. The number of rotatable bonds is 2. The molecule has 1 heterocycles. The van der Waals surface area contributed by atoms with Crippen molar-refractivity contribution >= 4 is 11.8 Å². The van der Waals surface area contributed by atoms with Crippen LogP contribution in [0.1, 0.15) is 51.9 Å². The highest BCUT2D eigenvalue weighted by molar-refractivity contribution is 5.88. The third-order valence-corrected chi connectivity index (χ3v) is 3.99. The molecule has 4 heteroatoms. The molecule has 2 N–H and O–H groups in total. The van der Waals surface area contributed by atoms with E-state index in [1.165, 1.54) is 19.3 Å². The zero-order valence-electron chi connectivity index (χ0n) is 10.5. The molecule has 17 heavy (non-hydrogen) atoms. The number of piperidine rings is 1. The maximum Gasteiger partial charge on any atom is 0.242 e. The smallest absolute Gasteiger partial charge is 0.242 e. The molecule has 0 spiro atoms. The highest BCUT2D eigenvalue weighted by atomic mass is 16.2. The third-order valence-electron chi connectivity index (χ3n) is 3.99. The summed E-state index contributed by atoms with van der Waals surface area (Å²) in [6, 6.07) is 0.000421. The van der Waals surface area contributed by atoms with Gasteiger partial charge in [0.05, 0.1) is 0 Å². The highest BCUT2D eigenvalue weighted by Gasteiger charge is 2.28. The van der Waals surface area contributed by atoms with Gasteiger partial charge in [-0.15, -0.1) is 0 Å². The normalized spacial score (nSPS) is 33.9. The van der Waals surface area contributed by atoms with Gasteiger partial charge >= 0.3 is 0 Å². The van der Waals surface area contributed by atoms with E-state index in [9.17, 15) is 9.59 Å². The van der Waals surface area contributed by atoms with Crippen LogP contribution in [0.25, 0.3) is 0 Å². The molecule has 1 saturated heterocycles. The van der Waals surface area contributed by atoms with E-state index >= 15 is 0 Å². The zero-order valence-corrected chi connectivity index (χ0v) is 10.5. The van der Waals surface area contributed by atoms with Crippen LogP contribution in [-0.4, -0.2) is 23.9 Å². The first-order valence-electron chi connectivity index (χ1n) is 6.76. The molecular weight excluding hydrogens is 216 g/mol. The summed E-state index contributed by atoms with van der Waals surface area (Å²) in [5.74, 6) is 0.580. The fourth-order valence-corrected chi connectivity index (χ4v) is 2.82. The van der Waals surface area contributed by atoms with Gasteiger partial charge in [-0.3, -0.25) is 9.59 Å². The molecule has 1 aliphatic carbocycles. The van der Waals surface area contributed by atoms with E-state index in [0.717, 1.165) is 19.3 Å². The molecule has 1 aliphatic heterocycles. The second-order valence-electron chi connectivity index (χ2n) is 5.39. The predicted octanol–water partition coefficient (Wildman–Crippen LogP) is 1.35. The van der Waals surface area contributed by atoms with Crippen molar-refractivity contribution in [2.75, 3.05) is 0 Å². The van der Waals surface area contributed by atoms with E-state index in [2.05, 4.69) is 17.6 Å². The number of amides is 2. The van der Waals surface area contributed by atoms with Crippen LogP contribution >= 0.6 is 0 Å². The minimum absolute atomic E-state index is 0.00749. The number of hydrogen-bond donors (Lipinski definition) is 2. The van der Waals surface area contributed by atoms with Gasteiger partial charge < -0.3 is 10.6 Å². The first-order valence-corrected chi connectivity index (χ1v) is 6.76. The molecule has 2 amide bonds. The van der Waals surface area contributed by atoms with Crippen molar-refractivity contribution in [3.63, 3.8) is 0 Å². The molecule has 1 saturated carbocycles. The van der Waals surface area contributed by atoms with E-state index in [1.807, 2.05) is 0 Å². The summed E-state index contributed by atoms with van der Waals surface area (Å²) in [4.78, 5) is 23.3. The average molecular weight is 238 g/mol. The lowest BCUT2D eigenvalue weighted by atomic mass is 9.85. The predicted molar refractivity (Wildman–Crippen MR) is 65.3 cm³/mol. The van der Waals surface area contributed by atoms with Gasteiger partial charge in [0.1, 0.15) is 6.04 Å². The Hall–Kier alpha value is -1.06. The Morgan fingerprint density at radius 3 is 2.71 bits per heavy atom. The second-order valence-corrected chi connectivity index (χ2v) is 5.39. The summed E-state index contributed by atoms with van der Waals surface area (Å²) < 4.78 is 0. The van der Waals surface area contributed by atoms with Crippen molar-refractivity contribution in [2.24, 2.45) is 5.92 Å². The van der Waals surface area contributed by atoms with Crippen molar-refractivity contribution in [2.45, 2.75) is 64.0 Å². The first kappa shape index (κ1) is 12.4. The quantitative estimate of drug-likeness (QED) is 0.763. The molecule has 2 aliphatic rings. The first-order chi connectivity index (χ1) is 8.16. The monoisotopic (exact) mass is 238 g/mol. The minimum atomic E-state index is -0.301. The molecule has 4 nitrogen and oxygen atoms in total. The molecule has 2 unspecified atom stereocenters. The van der Waals surface area contributed by atoms with Gasteiger partial charge in [-0.2, -0.15) is 0 Å². The Labute approximate surface area is 103 Å². The largest absolute Gasteiger partial charge is 0.351 e. The summed E-state index contributed by atoms with van der Waals surface area (Å²) >= 11 is 0. The standard InChI is InChI=1S/C13H22N2O2/c1-9-5-2-3-6-10(9)15-13(17)11-7-4-8-12(16)14-11/h9-11H,2-8H2,1H3,(H,14,16)(H,15,17)/t9?,10?,11-/m1/s1. The van der Waals surface area contributed by atoms with Crippen LogP contribution in [-0.2, 0) is 9.59 Å². The van der Waals surface area contributed by atoms with Crippen molar-refractivity contribution in [1.29, 1.82) is 0 Å². The summed E-state index contributed by atoms with van der Waals surface area (Å²) in [6.45, 7) is 2.20. The van der Waals surface area contributed by atoms with E-state index in [1.54, 1.807) is 0 Å². The molecule has 0 aromatic rings. The van der Waals surface area contributed by atoms with Crippen LogP contribution in [0, 0.1) is 5.92 Å². The number of carbonyl (C=O) groups excluding carboxylic acids is 2. The molecule has 96 valence electrons. The van der Waals surface area contributed by atoms with Crippen LogP contribution in [0.4, 0.5) is 0 Å². The fourth-order valence-electron chi connectivity index (χ4n) is 2.82. The van der Waals surface area contributed by atoms with Gasteiger partial charge in [0, 0.05) is 12.5 Å². The molecule has 0 aromatic heterocycles. The van der Waals surface area contributed by atoms with Gasteiger partial charge in [0.2, 0.25) is 11.8 Å². The number of carbonyl (C=O) groups is 2.